The van der Waals surface area contributed by atoms with Crippen LogP contribution in [-0.2, 0) is 6.61 Å². The summed E-state index contributed by atoms with van der Waals surface area (Å²) >= 11 is 0. The maximum absolute atomic E-state index is 13.4. The van der Waals surface area contributed by atoms with Crippen molar-refractivity contribution in [2.45, 2.75) is 20.5 Å². The Morgan fingerprint density at radius 1 is 1.00 bits per heavy atom. The molecular weight excluding hydrogens is 376 g/mol. The zero-order valence-electron chi connectivity index (χ0n) is 16.8. The molecule has 3 aromatic heterocycles. The largest absolute Gasteiger partial charge is 0.480 e. The predicted octanol–water partition coefficient (Wildman–Crippen LogP) is 5.30. The van der Waals surface area contributed by atoms with Crippen LogP contribution in [0, 0.1) is 13.8 Å². The molecule has 0 saturated heterocycles. The topological polar surface area (TPSA) is 56.7 Å². The number of hydrogen-bond donors (Lipinski definition) is 0. The van der Waals surface area contributed by atoms with Gasteiger partial charge in [-0.25, -0.2) is 4.98 Å². The number of aryl methyl sites for hydroxylation is 2. The van der Waals surface area contributed by atoms with Gasteiger partial charge in [-0.1, -0.05) is 36.4 Å². The first-order chi connectivity index (χ1) is 14.6. The third kappa shape index (κ3) is 3.14. The van der Waals surface area contributed by atoms with Crippen LogP contribution >= 0.6 is 0 Å². The summed E-state index contributed by atoms with van der Waals surface area (Å²) in [6.45, 7) is 4.16. The lowest BCUT2D eigenvalue weighted by Crippen LogP contribution is -2.11. The van der Waals surface area contributed by atoms with Gasteiger partial charge in [0.2, 0.25) is 11.2 Å². The molecule has 0 aliphatic carbocycles. The number of ether oxygens (including phenoxy) is 1. The number of nitrogens with zero attached hydrogens (tertiary/aromatic N) is 2. The van der Waals surface area contributed by atoms with E-state index in [1.165, 1.54) is 0 Å². The van der Waals surface area contributed by atoms with Crippen LogP contribution in [0.3, 0.4) is 0 Å². The van der Waals surface area contributed by atoms with Gasteiger partial charge in [-0.2, -0.15) is 0 Å². The third-order valence-corrected chi connectivity index (χ3v) is 5.28. The summed E-state index contributed by atoms with van der Waals surface area (Å²) in [4.78, 5) is 17.9. The minimum Gasteiger partial charge on any atom is -0.480 e. The Kier molecular flexibility index (Phi) is 4.36. The Hall–Kier alpha value is -3.86. The third-order valence-electron chi connectivity index (χ3n) is 5.28. The van der Waals surface area contributed by atoms with Crippen LogP contribution in [0.1, 0.15) is 16.8 Å². The van der Waals surface area contributed by atoms with Gasteiger partial charge in [-0.05, 0) is 49.2 Å². The monoisotopic (exact) mass is 396 g/mol. The summed E-state index contributed by atoms with van der Waals surface area (Å²) < 4.78 is 14.1. The van der Waals surface area contributed by atoms with E-state index >= 15 is 0 Å². The zero-order chi connectivity index (χ0) is 20.7. The molecule has 0 saturated carbocycles. The molecule has 0 fully saturated rings. The number of pyridine rings is 1. The highest BCUT2D eigenvalue weighted by Gasteiger charge is 2.19. The lowest BCUT2D eigenvalue weighted by atomic mass is 10.0. The summed E-state index contributed by atoms with van der Waals surface area (Å²) in [6.07, 6.45) is 3.82. The van der Waals surface area contributed by atoms with Crippen molar-refractivity contribution in [3.63, 3.8) is 0 Å². The van der Waals surface area contributed by atoms with Crippen molar-refractivity contribution < 1.29 is 9.15 Å². The van der Waals surface area contributed by atoms with E-state index < -0.39 is 0 Å². The number of benzene rings is 2. The van der Waals surface area contributed by atoms with Crippen LogP contribution in [0.25, 0.3) is 27.9 Å². The maximum atomic E-state index is 13.4. The fraction of sp³-hybridized carbons (Fsp3) is 0.120. The highest BCUT2D eigenvalue weighted by atomic mass is 16.5. The van der Waals surface area contributed by atoms with E-state index in [2.05, 4.69) is 4.98 Å². The molecule has 0 amide bonds. The van der Waals surface area contributed by atoms with Crippen LogP contribution < -0.4 is 10.2 Å². The van der Waals surface area contributed by atoms with Gasteiger partial charge in [-0.15, -0.1) is 0 Å². The van der Waals surface area contributed by atoms with Gasteiger partial charge in [0.15, 0.2) is 5.76 Å². The molecule has 0 spiro atoms. The number of hydrogen-bond acceptors (Lipinski definition) is 4. The molecule has 0 aliphatic heterocycles. The normalized spacial score (nSPS) is 11.3. The highest BCUT2D eigenvalue weighted by Crippen LogP contribution is 2.32. The molecule has 0 unspecified atom stereocenters. The van der Waals surface area contributed by atoms with Gasteiger partial charge in [0, 0.05) is 18.0 Å². The van der Waals surface area contributed by atoms with Crippen molar-refractivity contribution in [2.75, 3.05) is 0 Å². The number of imidazole rings is 1. The molecule has 5 aromatic rings. The molecule has 30 heavy (non-hydrogen) atoms. The molecule has 0 N–H and O–H groups in total. The summed E-state index contributed by atoms with van der Waals surface area (Å²) in [7, 11) is 0. The Morgan fingerprint density at radius 3 is 2.57 bits per heavy atom. The first-order valence-corrected chi connectivity index (χ1v) is 9.79. The average Bonchev–Trinajstić information content (AvgIpc) is 3.18. The average molecular weight is 396 g/mol. The number of rotatable bonds is 4. The van der Waals surface area contributed by atoms with E-state index in [1.807, 2.05) is 91.3 Å². The van der Waals surface area contributed by atoms with Gasteiger partial charge < -0.3 is 13.6 Å². The number of fused-ring (bicyclic) bond motifs is 2. The van der Waals surface area contributed by atoms with E-state index in [0.29, 0.717) is 16.7 Å². The van der Waals surface area contributed by atoms with Crippen molar-refractivity contribution in [1.82, 2.24) is 9.38 Å². The highest BCUT2D eigenvalue weighted by molar-refractivity contribution is 5.83. The van der Waals surface area contributed by atoms with E-state index in [1.54, 1.807) is 0 Å². The minimum absolute atomic E-state index is 0.169. The predicted molar refractivity (Wildman–Crippen MR) is 117 cm³/mol. The number of aromatic nitrogens is 2. The molecule has 2 aromatic carbocycles. The lowest BCUT2D eigenvalue weighted by molar-refractivity contribution is 0.294. The second-order valence-electron chi connectivity index (χ2n) is 7.38. The summed E-state index contributed by atoms with van der Waals surface area (Å²) in [5.41, 5.74) is 4.84. The first kappa shape index (κ1) is 18.2. The Morgan fingerprint density at radius 2 is 1.77 bits per heavy atom. The Labute approximate surface area is 173 Å². The molecule has 0 atom stereocenters. The SMILES string of the molecule is Cc1cc2oc(-c3ccccc3)c(OCc3cn4ccccc4n3)c(=O)c2cc1C. The van der Waals surface area contributed by atoms with Crippen molar-refractivity contribution in [1.29, 1.82) is 0 Å². The van der Waals surface area contributed by atoms with E-state index in [0.717, 1.165) is 28.0 Å². The molecule has 0 bridgehead atoms. The van der Waals surface area contributed by atoms with E-state index in [9.17, 15) is 4.79 Å². The van der Waals surface area contributed by atoms with Crippen LogP contribution in [-0.4, -0.2) is 9.38 Å². The minimum atomic E-state index is -0.179. The zero-order valence-corrected chi connectivity index (χ0v) is 16.8. The summed E-state index contributed by atoms with van der Waals surface area (Å²) in [5.74, 6) is 0.633. The molecule has 5 rings (SSSR count). The summed E-state index contributed by atoms with van der Waals surface area (Å²) in [6, 6.07) is 19.1. The fourth-order valence-corrected chi connectivity index (χ4v) is 3.55. The van der Waals surface area contributed by atoms with E-state index in [-0.39, 0.29) is 17.8 Å². The van der Waals surface area contributed by atoms with Gasteiger partial charge >= 0.3 is 0 Å². The van der Waals surface area contributed by atoms with Crippen molar-refractivity contribution in [3.8, 4) is 17.1 Å². The van der Waals surface area contributed by atoms with Gasteiger partial charge in [0.1, 0.15) is 17.8 Å². The lowest BCUT2D eigenvalue weighted by Gasteiger charge is -2.12. The van der Waals surface area contributed by atoms with Gasteiger partial charge in [0.05, 0.1) is 11.1 Å². The molecule has 3 heterocycles. The quantitative estimate of drug-likeness (QED) is 0.413. The molecule has 148 valence electrons. The summed E-state index contributed by atoms with van der Waals surface area (Å²) in [5, 5.41) is 0.516. The molecule has 0 aliphatic rings. The van der Waals surface area contributed by atoms with Gasteiger partial charge in [0.25, 0.3) is 0 Å². The van der Waals surface area contributed by atoms with Crippen molar-refractivity contribution in [2.24, 2.45) is 0 Å². The second kappa shape index (κ2) is 7.19. The van der Waals surface area contributed by atoms with Crippen LogP contribution in [0.2, 0.25) is 0 Å². The second-order valence-corrected chi connectivity index (χ2v) is 7.38. The van der Waals surface area contributed by atoms with Crippen LogP contribution in [0.4, 0.5) is 0 Å². The smallest absolute Gasteiger partial charge is 0.235 e. The Bertz CT molecular complexity index is 1400. The maximum Gasteiger partial charge on any atom is 0.235 e. The first-order valence-electron chi connectivity index (χ1n) is 9.79. The van der Waals surface area contributed by atoms with Crippen LogP contribution in [0.15, 0.2) is 82.3 Å². The molecule has 5 heteroatoms. The fourth-order valence-electron chi connectivity index (χ4n) is 3.55. The van der Waals surface area contributed by atoms with Gasteiger partial charge in [-0.3, -0.25) is 4.79 Å². The van der Waals surface area contributed by atoms with Crippen molar-refractivity contribution >= 4 is 16.6 Å². The molecular formula is C25H20N2O3. The molecule has 0 radical (unpaired) electrons. The van der Waals surface area contributed by atoms with E-state index in [4.69, 9.17) is 9.15 Å². The van der Waals surface area contributed by atoms with Crippen molar-refractivity contribution in [3.05, 3.63) is 100 Å². The molecule has 5 nitrogen and oxygen atoms in total. The van der Waals surface area contributed by atoms with Crippen LogP contribution in [0.5, 0.6) is 5.75 Å². The standard InChI is InChI=1S/C25H20N2O3/c1-16-12-20-21(13-17(16)2)30-24(18-8-4-3-5-9-18)25(23(20)28)29-15-19-14-27-11-7-6-10-22(27)26-19/h3-14H,15H2,1-2H3. The Balaban J connectivity index is 1.63.